The Hall–Kier alpha value is -7.36. The second kappa shape index (κ2) is 12.9. The second-order valence-electron chi connectivity index (χ2n) is 14.5. The maximum atomic E-state index is 6.22. The van der Waals surface area contributed by atoms with Gasteiger partial charge in [-0.2, -0.15) is 0 Å². The van der Waals surface area contributed by atoms with Gasteiger partial charge < -0.3 is 4.42 Å². The van der Waals surface area contributed by atoms with E-state index in [1.807, 2.05) is 30.3 Å². The summed E-state index contributed by atoms with van der Waals surface area (Å²) in [6.07, 6.45) is 0. The number of nitrogens with zero attached hydrogens (tertiary/aromatic N) is 2. The maximum Gasteiger partial charge on any atom is 0.160 e. The number of aromatic nitrogens is 2. The highest BCUT2D eigenvalue weighted by Crippen LogP contribution is 2.58. The molecular weight excluding hydrogens is 681 g/mol. The molecule has 0 N–H and O–H groups in total. The van der Waals surface area contributed by atoms with Gasteiger partial charge in [0.15, 0.2) is 5.82 Å². The van der Waals surface area contributed by atoms with Gasteiger partial charge in [0.25, 0.3) is 0 Å². The highest BCUT2D eigenvalue weighted by Gasteiger charge is 2.47. The summed E-state index contributed by atoms with van der Waals surface area (Å²) in [6, 6.07) is 73.3. The monoisotopic (exact) mass is 714 g/mol. The lowest BCUT2D eigenvalue weighted by molar-refractivity contribution is 0.669. The molecule has 0 saturated carbocycles. The molecular formula is C53H34N2O. The molecule has 2 heterocycles. The van der Waals surface area contributed by atoms with E-state index >= 15 is 0 Å². The van der Waals surface area contributed by atoms with Crippen molar-refractivity contribution in [2.45, 2.75) is 5.41 Å². The standard InChI is InChI=1S/C53H34N2O/c1-4-15-37(16-5-1)52-54-47(36-29-27-35(28-30-36)38-31-32-43-42-22-11-13-26-49(42)56-50(43)33-38)34-48(55-52)45-24-14-23-44-41-21-10-12-25-46(41)53(51(44)45,39-17-6-2-7-18-39)40-19-8-3-9-20-40/h1-34H. The Balaban J connectivity index is 1.10. The Morgan fingerprint density at radius 2 is 0.929 bits per heavy atom. The lowest BCUT2D eigenvalue weighted by Gasteiger charge is -2.35. The SMILES string of the molecule is c1ccc(-c2nc(-c3ccc(-c4ccc5c(c4)oc4ccccc45)cc3)cc(-c3cccc4c3C(c3ccccc3)(c3ccccc3)c3ccccc3-4)n2)cc1. The average molecular weight is 715 g/mol. The summed E-state index contributed by atoms with van der Waals surface area (Å²) in [5.41, 5.74) is 15.7. The molecule has 0 amide bonds. The maximum absolute atomic E-state index is 6.22. The van der Waals surface area contributed by atoms with Crippen LogP contribution in [0.25, 0.3) is 78.1 Å². The van der Waals surface area contributed by atoms with Crippen molar-refractivity contribution in [3.05, 3.63) is 229 Å². The third-order valence-corrected chi connectivity index (χ3v) is 11.4. The first-order chi connectivity index (χ1) is 27.8. The smallest absolute Gasteiger partial charge is 0.160 e. The van der Waals surface area contributed by atoms with Crippen LogP contribution < -0.4 is 0 Å². The third-order valence-electron chi connectivity index (χ3n) is 11.4. The van der Waals surface area contributed by atoms with Crippen molar-refractivity contribution in [1.82, 2.24) is 9.97 Å². The number of benzene rings is 8. The topological polar surface area (TPSA) is 38.9 Å². The predicted molar refractivity (Wildman–Crippen MR) is 228 cm³/mol. The minimum absolute atomic E-state index is 0.564. The Bertz CT molecular complexity index is 3020. The molecule has 1 aliphatic carbocycles. The number of hydrogen-bond acceptors (Lipinski definition) is 3. The van der Waals surface area contributed by atoms with Crippen molar-refractivity contribution < 1.29 is 4.42 Å². The highest BCUT2D eigenvalue weighted by molar-refractivity contribution is 6.06. The molecule has 56 heavy (non-hydrogen) atoms. The van der Waals surface area contributed by atoms with Gasteiger partial charge in [0.05, 0.1) is 16.8 Å². The summed E-state index contributed by atoms with van der Waals surface area (Å²) >= 11 is 0. The van der Waals surface area contributed by atoms with E-state index in [1.165, 1.54) is 33.4 Å². The van der Waals surface area contributed by atoms with E-state index in [2.05, 4.69) is 176 Å². The molecule has 0 unspecified atom stereocenters. The molecule has 262 valence electrons. The lowest BCUT2D eigenvalue weighted by Crippen LogP contribution is -2.29. The molecule has 0 atom stereocenters. The summed E-state index contributed by atoms with van der Waals surface area (Å²) in [7, 11) is 0. The van der Waals surface area contributed by atoms with Crippen LogP contribution >= 0.6 is 0 Å². The van der Waals surface area contributed by atoms with Crippen LogP contribution in [-0.4, -0.2) is 9.97 Å². The minimum atomic E-state index is -0.564. The van der Waals surface area contributed by atoms with E-state index in [-0.39, 0.29) is 0 Å². The Morgan fingerprint density at radius 3 is 1.70 bits per heavy atom. The van der Waals surface area contributed by atoms with Crippen LogP contribution in [0, 0.1) is 0 Å². The van der Waals surface area contributed by atoms with Crippen LogP contribution in [-0.2, 0) is 5.41 Å². The van der Waals surface area contributed by atoms with Gasteiger partial charge >= 0.3 is 0 Å². The highest BCUT2D eigenvalue weighted by atomic mass is 16.3. The van der Waals surface area contributed by atoms with Crippen molar-refractivity contribution >= 4 is 21.9 Å². The van der Waals surface area contributed by atoms with Crippen molar-refractivity contribution in [2.24, 2.45) is 0 Å². The molecule has 2 aromatic heterocycles. The van der Waals surface area contributed by atoms with Gasteiger partial charge in [0, 0.05) is 27.5 Å². The van der Waals surface area contributed by atoms with E-state index in [0.717, 1.165) is 61.1 Å². The zero-order chi connectivity index (χ0) is 37.1. The van der Waals surface area contributed by atoms with Gasteiger partial charge in [-0.25, -0.2) is 9.97 Å². The molecule has 0 spiro atoms. The summed E-state index contributed by atoms with van der Waals surface area (Å²) in [5, 5.41) is 2.26. The van der Waals surface area contributed by atoms with Crippen molar-refractivity contribution in [1.29, 1.82) is 0 Å². The number of furan rings is 1. The van der Waals surface area contributed by atoms with Crippen molar-refractivity contribution in [2.75, 3.05) is 0 Å². The summed E-state index contributed by atoms with van der Waals surface area (Å²) in [6.45, 7) is 0. The molecule has 3 nitrogen and oxygen atoms in total. The zero-order valence-corrected chi connectivity index (χ0v) is 30.4. The zero-order valence-electron chi connectivity index (χ0n) is 30.4. The van der Waals surface area contributed by atoms with Gasteiger partial charge in [-0.05, 0) is 68.8 Å². The van der Waals surface area contributed by atoms with Gasteiger partial charge in [0.2, 0.25) is 0 Å². The molecule has 10 aromatic rings. The quantitative estimate of drug-likeness (QED) is 0.172. The predicted octanol–water partition coefficient (Wildman–Crippen LogP) is 13.4. The lowest BCUT2D eigenvalue weighted by atomic mass is 9.66. The normalized spacial score (nSPS) is 12.8. The van der Waals surface area contributed by atoms with Gasteiger partial charge in [-0.3, -0.25) is 0 Å². The summed E-state index contributed by atoms with van der Waals surface area (Å²) in [5.74, 6) is 0.690. The van der Waals surface area contributed by atoms with Gasteiger partial charge in [-0.1, -0.05) is 182 Å². The molecule has 0 bridgehead atoms. The Labute approximate surface area is 325 Å². The van der Waals surface area contributed by atoms with Crippen LogP contribution in [0.15, 0.2) is 211 Å². The second-order valence-corrected chi connectivity index (χ2v) is 14.5. The molecule has 8 aromatic carbocycles. The molecule has 0 fully saturated rings. The largest absolute Gasteiger partial charge is 0.456 e. The molecule has 1 aliphatic rings. The first-order valence-electron chi connectivity index (χ1n) is 19.1. The average Bonchev–Trinajstić information content (AvgIpc) is 3.81. The molecule has 0 aliphatic heterocycles. The van der Waals surface area contributed by atoms with Crippen LogP contribution in [0.1, 0.15) is 22.3 Å². The van der Waals surface area contributed by atoms with E-state index in [9.17, 15) is 0 Å². The number of fused-ring (bicyclic) bond motifs is 6. The van der Waals surface area contributed by atoms with Gasteiger partial charge in [-0.15, -0.1) is 0 Å². The van der Waals surface area contributed by atoms with E-state index in [0.29, 0.717) is 5.82 Å². The third kappa shape index (κ3) is 4.98. The first kappa shape index (κ1) is 32.1. The van der Waals surface area contributed by atoms with Crippen LogP contribution in [0.5, 0.6) is 0 Å². The fourth-order valence-electron chi connectivity index (χ4n) is 8.90. The van der Waals surface area contributed by atoms with E-state index in [1.54, 1.807) is 0 Å². The van der Waals surface area contributed by atoms with Gasteiger partial charge in [0.1, 0.15) is 11.2 Å². The Kier molecular flexibility index (Phi) is 7.39. The van der Waals surface area contributed by atoms with Crippen LogP contribution in [0.2, 0.25) is 0 Å². The fraction of sp³-hybridized carbons (Fsp3) is 0.0189. The van der Waals surface area contributed by atoms with Crippen molar-refractivity contribution in [3.8, 4) is 56.2 Å². The van der Waals surface area contributed by atoms with E-state index in [4.69, 9.17) is 14.4 Å². The van der Waals surface area contributed by atoms with E-state index < -0.39 is 5.41 Å². The summed E-state index contributed by atoms with van der Waals surface area (Å²) in [4.78, 5) is 10.6. The Morgan fingerprint density at radius 1 is 0.357 bits per heavy atom. The molecule has 0 radical (unpaired) electrons. The van der Waals surface area contributed by atoms with Crippen LogP contribution in [0.3, 0.4) is 0 Å². The molecule has 0 saturated heterocycles. The number of rotatable bonds is 6. The molecule has 3 heteroatoms. The summed E-state index contributed by atoms with van der Waals surface area (Å²) < 4.78 is 6.22. The van der Waals surface area contributed by atoms with Crippen LogP contribution in [0.4, 0.5) is 0 Å². The fourth-order valence-corrected chi connectivity index (χ4v) is 8.90. The number of para-hydroxylation sites is 1. The minimum Gasteiger partial charge on any atom is -0.456 e. The van der Waals surface area contributed by atoms with Crippen molar-refractivity contribution in [3.63, 3.8) is 0 Å². The molecule has 11 rings (SSSR count). The number of hydrogen-bond donors (Lipinski definition) is 0. The first-order valence-corrected chi connectivity index (χ1v) is 19.1.